The summed E-state index contributed by atoms with van der Waals surface area (Å²) in [6, 6.07) is 0. The van der Waals surface area contributed by atoms with Crippen LogP contribution in [0.5, 0.6) is 0 Å². The second-order valence-electron chi connectivity index (χ2n) is 13.3. The van der Waals surface area contributed by atoms with E-state index in [4.69, 9.17) is 9.47 Å². The highest BCUT2D eigenvalue weighted by molar-refractivity contribution is 5.70. The molecule has 0 aromatic rings. The van der Waals surface area contributed by atoms with Gasteiger partial charge in [-0.2, -0.15) is 0 Å². The molecule has 278 valence electrons. The van der Waals surface area contributed by atoms with Gasteiger partial charge in [0.25, 0.3) is 0 Å². The summed E-state index contributed by atoms with van der Waals surface area (Å²) in [7, 11) is 0. The van der Waals surface area contributed by atoms with E-state index in [0.717, 1.165) is 70.6 Å². The SMILES string of the molecule is CC/C=C\C/C=C\C/C=C\C/C=C\CCCCCCCCCCC(=O)OC(CO)COC(=O)CCCCCCCCCCCCCCC. The molecule has 0 saturated carbocycles. The molecule has 0 bridgehead atoms. The molecule has 0 spiro atoms. The van der Waals surface area contributed by atoms with Gasteiger partial charge in [0.05, 0.1) is 6.61 Å². The summed E-state index contributed by atoms with van der Waals surface area (Å²) >= 11 is 0. The van der Waals surface area contributed by atoms with Crippen LogP contribution in [0, 0.1) is 0 Å². The third-order valence-corrected chi connectivity index (χ3v) is 8.64. The van der Waals surface area contributed by atoms with Crippen molar-refractivity contribution in [3.63, 3.8) is 0 Å². The second kappa shape index (κ2) is 39.3. The minimum atomic E-state index is -0.773. The van der Waals surface area contributed by atoms with Gasteiger partial charge in [-0.25, -0.2) is 0 Å². The number of carbonyl (C=O) groups is 2. The fourth-order valence-electron chi connectivity index (χ4n) is 5.60. The summed E-state index contributed by atoms with van der Waals surface area (Å²) in [5.74, 6) is -0.597. The van der Waals surface area contributed by atoms with Crippen molar-refractivity contribution in [2.75, 3.05) is 13.2 Å². The lowest BCUT2D eigenvalue weighted by Gasteiger charge is -2.15. The highest BCUT2D eigenvalue weighted by atomic mass is 16.6. The van der Waals surface area contributed by atoms with Crippen LogP contribution in [-0.2, 0) is 19.1 Å². The zero-order chi connectivity index (χ0) is 35.0. The smallest absolute Gasteiger partial charge is 0.306 e. The molecule has 0 heterocycles. The molecule has 1 unspecified atom stereocenters. The normalized spacial score (nSPS) is 12.6. The molecule has 0 aliphatic carbocycles. The van der Waals surface area contributed by atoms with Crippen molar-refractivity contribution in [2.45, 2.75) is 200 Å². The molecule has 0 aliphatic rings. The van der Waals surface area contributed by atoms with E-state index < -0.39 is 6.10 Å². The Kier molecular flexibility index (Phi) is 37.5. The summed E-state index contributed by atoms with van der Waals surface area (Å²) in [6.07, 6.45) is 48.8. The second-order valence-corrected chi connectivity index (χ2v) is 13.3. The zero-order valence-electron chi connectivity index (χ0n) is 31.5. The van der Waals surface area contributed by atoms with Crippen molar-refractivity contribution < 1.29 is 24.2 Å². The fraction of sp³-hybridized carbons (Fsp3) is 0.767. The van der Waals surface area contributed by atoms with Crippen LogP contribution in [0.15, 0.2) is 48.6 Å². The number of aliphatic hydroxyl groups is 1. The largest absolute Gasteiger partial charge is 0.462 e. The lowest BCUT2D eigenvalue weighted by atomic mass is 10.0. The van der Waals surface area contributed by atoms with Crippen LogP contribution >= 0.6 is 0 Å². The van der Waals surface area contributed by atoms with Gasteiger partial charge in [-0.1, -0.05) is 178 Å². The maximum absolute atomic E-state index is 12.2. The Morgan fingerprint density at radius 1 is 0.500 bits per heavy atom. The average molecular weight is 673 g/mol. The predicted octanol–water partition coefficient (Wildman–Crippen LogP) is 12.6. The zero-order valence-corrected chi connectivity index (χ0v) is 31.5. The van der Waals surface area contributed by atoms with Crippen LogP contribution in [0.4, 0.5) is 0 Å². The number of hydrogen-bond acceptors (Lipinski definition) is 5. The van der Waals surface area contributed by atoms with E-state index in [1.165, 1.54) is 96.3 Å². The van der Waals surface area contributed by atoms with E-state index >= 15 is 0 Å². The van der Waals surface area contributed by atoms with Crippen molar-refractivity contribution >= 4 is 11.9 Å². The molecule has 0 aliphatic heterocycles. The standard InChI is InChI=1S/C43H76O5/c1-3-5-7-9-11-13-15-17-18-19-20-21-22-23-24-26-28-30-32-34-36-38-43(46)48-41(39-44)40-47-42(45)37-35-33-31-29-27-25-16-14-12-10-8-6-4-2/h5,7,11,13,17-18,20-21,41,44H,3-4,6,8-10,12,14-16,19,22-40H2,1-2H3/b7-5-,13-11-,18-17-,21-20-. The lowest BCUT2D eigenvalue weighted by Crippen LogP contribution is -2.28. The molecular formula is C43H76O5. The Morgan fingerprint density at radius 2 is 0.896 bits per heavy atom. The van der Waals surface area contributed by atoms with Gasteiger partial charge in [0.2, 0.25) is 0 Å². The van der Waals surface area contributed by atoms with Crippen LogP contribution < -0.4 is 0 Å². The Morgan fingerprint density at radius 3 is 1.35 bits per heavy atom. The third-order valence-electron chi connectivity index (χ3n) is 8.64. The van der Waals surface area contributed by atoms with Crippen LogP contribution in [0.25, 0.3) is 0 Å². The average Bonchev–Trinajstić information content (AvgIpc) is 3.09. The highest BCUT2D eigenvalue weighted by Gasteiger charge is 2.16. The van der Waals surface area contributed by atoms with Crippen LogP contribution in [0.1, 0.15) is 194 Å². The molecule has 0 fully saturated rings. The van der Waals surface area contributed by atoms with Crippen LogP contribution in [0.2, 0.25) is 0 Å². The number of carbonyl (C=O) groups excluding carboxylic acids is 2. The number of allylic oxidation sites excluding steroid dienone is 8. The monoisotopic (exact) mass is 673 g/mol. The van der Waals surface area contributed by atoms with E-state index in [1.54, 1.807) is 0 Å². The Balaban J connectivity index is 3.56. The molecule has 1 atom stereocenters. The van der Waals surface area contributed by atoms with Gasteiger partial charge >= 0.3 is 11.9 Å². The van der Waals surface area contributed by atoms with E-state index in [1.807, 2.05) is 0 Å². The number of rotatable bonds is 36. The first-order valence-corrected chi connectivity index (χ1v) is 20.2. The van der Waals surface area contributed by atoms with Gasteiger partial charge in [0, 0.05) is 12.8 Å². The number of aliphatic hydroxyl groups excluding tert-OH is 1. The van der Waals surface area contributed by atoms with Gasteiger partial charge in [-0.15, -0.1) is 0 Å². The molecular weight excluding hydrogens is 596 g/mol. The predicted molar refractivity (Wildman–Crippen MR) is 205 cm³/mol. The Labute approximate surface area is 297 Å². The van der Waals surface area contributed by atoms with Crippen molar-refractivity contribution in [2.24, 2.45) is 0 Å². The first kappa shape index (κ1) is 45.9. The van der Waals surface area contributed by atoms with Gasteiger partial charge in [-0.3, -0.25) is 9.59 Å². The summed E-state index contributed by atoms with van der Waals surface area (Å²) in [5.41, 5.74) is 0. The quantitative estimate of drug-likeness (QED) is 0.0407. The fourth-order valence-corrected chi connectivity index (χ4v) is 5.60. The maximum Gasteiger partial charge on any atom is 0.306 e. The summed E-state index contributed by atoms with van der Waals surface area (Å²) in [5, 5.41) is 9.55. The van der Waals surface area contributed by atoms with E-state index in [2.05, 4.69) is 62.5 Å². The molecule has 48 heavy (non-hydrogen) atoms. The molecule has 0 aromatic heterocycles. The van der Waals surface area contributed by atoms with Crippen LogP contribution in [0.3, 0.4) is 0 Å². The molecule has 5 heteroatoms. The number of esters is 2. The molecule has 0 rings (SSSR count). The van der Waals surface area contributed by atoms with Gasteiger partial charge in [0.1, 0.15) is 6.61 Å². The highest BCUT2D eigenvalue weighted by Crippen LogP contribution is 2.14. The molecule has 0 amide bonds. The van der Waals surface area contributed by atoms with Gasteiger partial charge in [-0.05, 0) is 51.4 Å². The van der Waals surface area contributed by atoms with Crippen molar-refractivity contribution in [3.8, 4) is 0 Å². The van der Waals surface area contributed by atoms with Crippen molar-refractivity contribution in [3.05, 3.63) is 48.6 Å². The summed E-state index contributed by atoms with van der Waals surface area (Å²) in [6.45, 7) is 4.02. The van der Waals surface area contributed by atoms with E-state index in [9.17, 15) is 14.7 Å². The maximum atomic E-state index is 12.2. The van der Waals surface area contributed by atoms with Gasteiger partial charge < -0.3 is 14.6 Å². The Bertz CT molecular complexity index is 812. The van der Waals surface area contributed by atoms with Crippen LogP contribution in [-0.4, -0.2) is 36.4 Å². The third kappa shape index (κ3) is 36.7. The molecule has 0 saturated heterocycles. The minimum absolute atomic E-state index is 0.0677. The van der Waals surface area contributed by atoms with Crippen molar-refractivity contribution in [1.29, 1.82) is 0 Å². The topological polar surface area (TPSA) is 72.8 Å². The van der Waals surface area contributed by atoms with E-state index in [-0.39, 0.29) is 25.2 Å². The first-order valence-electron chi connectivity index (χ1n) is 20.2. The minimum Gasteiger partial charge on any atom is -0.462 e. The summed E-state index contributed by atoms with van der Waals surface area (Å²) < 4.78 is 10.6. The number of ether oxygens (including phenoxy) is 2. The first-order chi connectivity index (χ1) is 23.6. The molecule has 0 aromatic carbocycles. The number of unbranched alkanes of at least 4 members (excludes halogenated alkanes) is 20. The van der Waals surface area contributed by atoms with Crippen molar-refractivity contribution in [1.82, 2.24) is 0 Å². The molecule has 1 N–H and O–H groups in total. The molecule has 5 nitrogen and oxygen atoms in total. The Hall–Kier alpha value is -2.14. The number of hydrogen-bond donors (Lipinski definition) is 1. The lowest BCUT2D eigenvalue weighted by molar-refractivity contribution is -0.161. The molecule has 0 radical (unpaired) electrons. The van der Waals surface area contributed by atoms with E-state index in [0.29, 0.717) is 12.8 Å². The van der Waals surface area contributed by atoms with Gasteiger partial charge in [0.15, 0.2) is 6.10 Å². The summed E-state index contributed by atoms with van der Waals surface area (Å²) in [4.78, 5) is 24.3.